The van der Waals surface area contributed by atoms with E-state index < -0.39 is 33.4 Å². The summed E-state index contributed by atoms with van der Waals surface area (Å²) in [6.07, 6.45) is 15.2. The van der Waals surface area contributed by atoms with Crippen LogP contribution in [-0.4, -0.2) is 91.4 Å². The van der Waals surface area contributed by atoms with Crippen molar-refractivity contribution < 1.29 is 19.5 Å². The van der Waals surface area contributed by atoms with Crippen molar-refractivity contribution in [1.82, 2.24) is 14.7 Å². The SMILES string of the molecule is CCCN1CC=C[C@]2(C)S[C@]34C=CCN(C5CCCCC5)C(=O)C3N([C@@H](CC)CO)C(=O)[C@@H]4[C@@H]2C1=O. The highest BCUT2D eigenvalue weighted by atomic mass is 32.2. The van der Waals surface area contributed by atoms with E-state index in [2.05, 4.69) is 38.2 Å². The molecule has 1 spiro atoms. The summed E-state index contributed by atoms with van der Waals surface area (Å²) >= 11 is 1.64. The van der Waals surface area contributed by atoms with Crippen LogP contribution in [0.3, 0.4) is 0 Å². The molecule has 0 bridgehead atoms. The summed E-state index contributed by atoms with van der Waals surface area (Å²) in [6, 6.07) is -0.962. The topological polar surface area (TPSA) is 81.2 Å². The van der Waals surface area contributed by atoms with E-state index in [1.165, 1.54) is 6.42 Å². The van der Waals surface area contributed by atoms with Gasteiger partial charge in [-0.2, -0.15) is 0 Å². The summed E-state index contributed by atoms with van der Waals surface area (Å²) < 4.78 is -1.40. The lowest BCUT2D eigenvalue weighted by molar-refractivity contribution is -0.148. The first-order chi connectivity index (χ1) is 17.3. The van der Waals surface area contributed by atoms with Crippen molar-refractivity contribution in [2.45, 2.75) is 93.3 Å². The fourth-order valence-corrected chi connectivity index (χ4v) is 9.67. The number of carbonyl (C=O) groups is 3. The Hall–Kier alpha value is -1.80. The number of nitrogens with zero attached hydrogens (tertiary/aromatic N) is 3. The minimum Gasteiger partial charge on any atom is -0.394 e. The molecule has 0 aromatic rings. The van der Waals surface area contributed by atoms with Crippen LogP contribution in [0.4, 0.5) is 0 Å². The average Bonchev–Trinajstić information content (AvgIpc) is 3.14. The van der Waals surface area contributed by atoms with E-state index in [9.17, 15) is 19.5 Å². The van der Waals surface area contributed by atoms with Crippen LogP contribution >= 0.6 is 11.8 Å². The molecule has 0 aromatic heterocycles. The Bertz CT molecular complexity index is 958. The van der Waals surface area contributed by atoms with E-state index >= 15 is 0 Å². The minimum absolute atomic E-state index is 0.0101. The molecule has 1 aliphatic carbocycles. The number of hydrogen-bond donors (Lipinski definition) is 1. The third-order valence-corrected chi connectivity index (χ3v) is 11.0. The van der Waals surface area contributed by atoms with Crippen LogP contribution < -0.4 is 0 Å². The maximum absolute atomic E-state index is 14.5. The van der Waals surface area contributed by atoms with E-state index in [-0.39, 0.29) is 30.4 Å². The number of aliphatic hydroxyl groups excluding tert-OH is 1. The molecule has 0 aromatic carbocycles. The zero-order chi connectivity index (χ0) is 25.7. The molecule has 3 fully saturated rings. The molecule has 0 radical (unpaired) electrons. The number of aliphatic hydroxyl groups is 1. The molecule has 198 valence electrons. The van der Waals surface area contributed by atoms with Crippen LogP contribution in [0.1, 0.15) is 65.7 Å². The Kier molecular flexibility index (Phi) is 7.05. The molecule has 4 aliphatic heterocycles. The number of rotatable bonds is 6. The standard InChI is InChI=1S/C28H41N3O4S/c1-4-15-29-16-9-13-27(3)21(24(29)33)22-25(34)31(19(5-2)18-32)23-26(35)30(20-11-7-6-8-12-20)17-10-14-28(22,23)36-27/h9-10,13-14,19-23,32H,4-8,11-12,15-18H2,1-3H3/t19-,21+,22-,23?,27-,28-/m0/s1. The number of likely N-dealkylation sites (tertiary alicyclic amines) is 1. The molecule has 5 aliphatic rings. The first-order valence-electron chi connectivity index (χ1n) is 13.9. The van der Waals surface area contributed by atoms with Gasteiger partial charge in [0.25, 0.3) is 0 Å². The van der Waals surface area contributed by atoms with E-state index in [1.54, 1.807) is 16.7 Å². The number of amides is 3. The molecule has 8 heteroatoms. The summed E-state index contributed by atoms with van der Waals surface area (Å²) in [5.74, 6) is -1.31. The molecule has 6 atom stereocenters. The number of hydrogen-bond acceptors (Lipinski definition) is 5. The van der Waals surface area contributed by atoms with Gasteiger partial charge in [0.15, 0.2) is 0 Å². The highest BCUT2D eigenvalue weighted by Crippen LogP contribution is 2.66. The first kappa shape index (κ1) is 25.8. The van der Waals surface area contributed by atoms with Crippen molar-refractivity contribution in [3.05, 3.63) is 24.3 Å². The van der Waals surface area contributed by atoms with Crippen LogP contribution in [0.25, 0.3) is 0 Å². The van der Waals surface area contributed by atoms with Gasteiger partial charge < -0.3 is 19.8 Å². The van der Waals surface area contributed by atoms with Crippen LogP contribution in [0.2, 0.25) is 0 Å². The van der Waals surface area contributed by atoms with E-state index in [0.717, 1.165) is 32.1 Å². The Morgan fingerprint density at radius 2 is 1.72 bits per heavy atom. The lowest BCUT2D eigenvalue weighted by atomic mass is 9.74. The van der Waals surface area contributed by atoms with Crippen molar-refractivity contribution in [2.75, 3.05) is 26.2 Å². The summed E-state index contributed by atoms with van der Waals surface area (Å²) in [4.78, 5) is 48.4. The quantitative estimate of drug-likeness (QED) is 0.550. The van der Waals surface area contributed by atoms with Gasteiger partial charge in [-0.1, -0.05) is 57.4 Å². The Labute approximate surface area is 219 Å². The van der Waals surface area contributed by atoms with E-state index in [1.807, 2.05) is 16.7 Å². The molecule has 1 unspecified atom stereocenters. The first-order valence-corrected chi connectivity index (χ1v) is 14.7. The van der Waals surface area contributed by atoms with Crippen LogP contribution in [0, 0.1) is 11.8 Å². The van der Waals surface area contributed by atoms with Crippen molar-refractivity contribution in [2.24, 2.45) is 11.8 Å². The van der Waals surface area contributed by atoms with Crippen molar-refractivity contribution in [3.8, 4) is 0 Å². The fourth-order valence-electron chi connectivity index (χ4n) is 7.53. The van der Waals surface area contributed by atoms with Gasteiger partial charge in [-0.25, -0.2) is 0 Å². The molecule has 2 saturated heterocycles. The molecule has 1 N–H and O–H groups in total. The van der Waals surface area contributed by atoms with Gasteiger partial charge in [0.1, 0.15) is 6.04 Å². The van der Waals surface area contributed by atoms with Gasteiger partial charge >= 0.3 is 0 Å². The molecular weight excluding hydrogens is 474 g/mol. The second-order valence-corrected chi connectivity index (χ2v) is 13.1. The average molecular weight is 516 g/mol. The normalized spacial score (nSPS) is 37.6. The number of fused-ring (bicyclic) bond motifs is 2. The number of thioether (sulfide) groups is 1. The predicted molar refractivity (Wildman–Crippen MR) is 141 cm³/mol. The predicted octanol–water partition coefficient (Wildman–Crippen LogP) is 2.98. The fraction of sp³-hybridized carbons (Fsp3) is 0.750. The van der Waals surface area contributed by atoms with Crippen LogP contribution in [0.15, 0.2) is 24.3 Å². The Morgan fingerprint density at radius 3 is 2.39 bits per heavy atom. The van der Waals surface area contributed by atoms with Crippen molar-refractivity contribution in [1.29, 1.82) is 0 Å². The molecular formula is C28H41N3O4S. The highest BCUT2D eigenvalue weighted by molar-refractivity contribution is 8.02. The molecule has 4 heterocycles. The van der Waals surface area contributed by atoms with Gasteiger partial charge in [-0.05, 0) is 32.6 Å². The van der Waals surface area contributed by atoms with Crippen molar-refractivity contribution in [3.63, 3.8) is 0 Å². The maximum Gasteiger partial charge on any atom is 0.247 e. The lowest BCUT2D eigenvalue weighted by Gasteiger charge is -2.41. The van der Waals surface area contributed by atoms with Gasteiger partial charge in [-0.3, -0.25) is 14.4 Å². The van der Waals surface area contributed by atoms with Gasteiger partial charge in [0.2, 0.25) is 17.7 Å². The number of carbonyl (C=O) groups excluding carboxylic acids is 3. The molecule has 3 amide bonds. The summed E-state index contributed by atoms with van der Waals surface area (Å²) in [7, 11) is 0. The molecule has 7 nitrogen and oxygen atoms in total. The highest BCUT2D eigenvalue weighted by Gasteiger charge is 2.74. The van der Waals surface area contributed by atoms with Crippen molar-refractivity contribution >= 4 is 29.5 Å². The molecule has 1 saturated carbocycles. The Balaban J connectivity index is 1.63. The second-order valence-electron chi connectivity index (χ2n) is 11.4. The van der Waals surface area contributed by atoms with E-state index in [0.29, 0.717) is 26.1 Å². The maximum atomic E-state index is 14.5. The molecule has 5 rings (SSSR count). The van der Waals surface area contributed by atoms with E-state index in [4.69, 9.17) is 0 Å². The summed E-state index contributed by atoms with van der Waals surface area (Å²) in [5.41, 5.74) is 0. The van der Waals surface area contributed by atoms with Crippen LogP contribution in [-0.2, 0) is 14.4 Å². The third-order valence-electron chi connectivity index (χ3n) is 9.19. The minimum atomic E-state index is -0.825. The third kappa shape index (κ3) is 3.77. The zero-order valence-corrected chi connectivity index (χ0v) is 22.7. The molecule has 36 heavy (non-hydrogen) atoms. The summed E-state index contributed by atoms with van der Waals surface area (Å²) in [6.45, 7) is 7.64. The van der Waals surface area contributed by atoms with Gasteiger partial charge in [-0.15, -0.1) is 11.8 Å². The monoisotopic (exact) mass is 515 g/mol. The second kappa shape index (κ2) is 9.82. The summed E-state index contributed by atoms with van der Waals surface area (Å²) in [5, 5.41) is 10.3. The zero-order valence-electron chi connectivity index (χ0n) is 21.9. The Morgan fingerprint density at radius 1 is 1.00 bits per heavy atom. The van der Waals surface area contributed by atoms with Crippen LogP contribution in [0.5, 0.6) is 0 Å². The lowest BCUT2D eigenvalue weighted by Crippen LogP contribution is -2.58. The largest absolute Gasteiger partial charge is 0.394 e. The smallest absolute Gasteiger partial charge is 0.247 e. The van der Waals surface area contributed by atoms with Gasteiger partial charge in [0.05, 0.1) is 29.2 Å². The van der Waals surface area contributed by atoms with Gasteiger partial charge in [0, 0.05) is 30.4 Å².